The number of ether oxygens (including phenoxy) is 1. The molecule has 1 atom stereocenters. The lowest BCUT2D eigenvalue weighted by Crippen LogP contribution is -2.05. The summed E-state index contributed by atoms with van der Waals surface area (Å²) in [6.45, 7) is 2.05. The SMILES string of the molecule is COc1cccc(C(=O)CC(C)c2ccncc2)c1. The van der Waals surface area contributed by atoms with Gasteiger partial charge in [0.2, 0.25) is 0 Å². The van der Waals surface area contributed by atoms with Gasteiger partial charge in [0, 0.05) is 24.4 Å². The minimum Gasteiger partial charge on any atom is -0.497 e. The Bertz CT molecular complexity index is 552. The quantitative estimate of drug-likeness (QED) is 0.768. The van der Waals surface area contributed by atoms with Crippen LogP contribution in [0.3, 0.4) is 0 Å². The fraction of sp³-hybridized carbons (Fsp3) is 0.250. The van der Waals surface area contributed by atoms with E-state index >= 15 is 0 Å². The molecule has 1 aromatic carbocycles. The molecular formula is C16H17NO2. The zero-order chi connectivity index (χ0) is 13.7. The lowest BCUT2D eigenvalue weighted by molar-refractivity contribution is 0.0975. The molecule has 19 heavy (non-hydrogen) atoms. The average molecular weight is 255 g/mol. The maximum atomic E-state index is 12.2. The predicted molar refractivity (Wildman–Crippen MR) is 74.6 cm³/mol. The molecule has 3 nitrogen and oxygen atoms in total. The van der Waals surface area contributed by atoms with E-state index in [0.29, 0.717) is 17.7 Å². The molecule has 0 radical (unpaired) electrons. The van der Waals surface area contributed by atoms with E-state index in [0.717, 1.165) is 5.56 Å². The highest BCUT2D eigenvalue weighted by Gasteiger charge is 2.13. The first-order valence-electron chi connectivity index (χ1n) is 6.28. The number of Topliss-reactive ketones (excluding diaryl/α,β-unsaturated/α-hetero) is 1. The number of benzene rings is 1. The van der Waals surface area contributed by atoms with Crippen LogP contribution in [0, 0.1) is 0 Å². The Morgan fingerprint density at radius 1 is 1.26 bits per heavy atom. The number of hydrogen-bond donors (Lipinski definition) is 0. The van der Waals surface area contributed by atoms with Crippen LogP contribution in [0.5, 0.6) is 5.75 Å². The second-order valence-electron chi connectivity index (χ2n) is 4.54. The third kappa shape index (κ3) is 3.41. The van der Waals surface area contributed by atoms with Crippen molar-refractivity contribution in [2.75, 3.05) is 7.11 Å². The van der Waals surface area contributed by atoms with E-state index in [-0.39, 0.29) is 11.7 Å². The van der Waals surface area contributed by atoms with Gasteiger partial charge < -0.3 is 4.74 Å². The number of carbonyl (C=O) groups is 1. The topological polar surface area (TPSA) is 39.2 Å². The number of methoxy groups -OCH3 is 1. The molecule has 3 heteroatoms. The second kappa shape index (κ2) is 6.14. The molecule has 0 fully saturated rings. The van der Waals surface area contributed by atoms with Crippen LogP contribution in [0.15, 0.2) is 48.8 Å². The summed E-state index contributed by atoms with van der Waals surface area (Å²) in [5.41, 5.74) is 1.83. The maximum Gasteiger partial charge on any atom is 0.163 e. The monoisotopic (exact) mass is 255 g/mol. The van der Waals surface area contributed by atoms with E-state index < -0.39 is 0 Å². The van der Waals surface area contributed by atoms with Gasteiger partial charge in [0.1, 0.15) is 5.75 Å². The Kier molecular flexibility index (Phi) is 4.29. The van der Waals surface area contributed by atoms with E-state index in [1.807, 2.05) is 37.3 Å². The molecule has 0 N–H and O–H groups in total. The van der Waals surface area contributed by atoms with Gasteiger partial charge in [-0.2, -0.15) is 0 Å². The van der Waals surface area contributed by atoms with Crippen molar-refractivity contribution in [3.63, 3.8) is 0 Å². The maximum absolute atomic E-state index is 12.2. The molecule has 0 aliphatic heterocycles. The van der Waals surface area contributed by atoms with Crippen LogP contribution < -0.4 is 4.74 Å². The number of carbonyl (C=O) groups excluding carboxylic acids is 1. The van der Waals surface area contributed by atoms with Gasteiger partial charge in [0.15, 0.2) is 5.78 Å². The van der Waals surface area contributed by atoms with E-state index in [4.69, 9.17) is 4.74 Å². The fourth-order valence-electron chi connectivity index (χ4n) is 2.00. The predicted octanol–water partition coefficient (Wildman–Crippen LogP) is 3.47. The van der Waals surface area contributed by atoms with Gasteiger partial charge >= 0.3 is 0 Å². The summed E-state index contributed by atoms with van der Waals surface area (Å²) >= 11 is 0. The van der Waals surface area contributed by atoms with E-state index in [9.17, 15) is 4.79 Å². The number of nitrogens with zero attached hydrogens (tertiary/aromatic N) is 1. The van der Waals surface area contributed by atoms with Crippen molar-refractivity contribution < 1.29 is 9.53 Å². The van der Waals surface area contributed by atoms with E-state index in [1.54, 1.807) is 25.6 Å². The van der Waals surface area contributed by atoms with Crippen molar-refractivity contribution in [1.29, 1.82) is 0 Å². The highest BCUT2D eigenvalue weighted by atomic mass is 16.5. The molecule has 1 unspecified atom stereocenters. The molecule has 0 saturated carbocycles. The Balaban J connectivity index is 2.08. The van der Waals surface area contributed by atoms with Gasteiger partial charge in [-0.05, 0) is 35.7 Å². The van der Waals surface area contributed by atoms with Crippen molar-refractivity contribution in [2.24, 2.45) is 0 Å². The highest BCUT2D eigenvalue weighted by Crippen LogP contribution is 2.22. The average Bonchev–Trinajstić information content (AvgIpc) is 2.48. The number of hydrogen-bond acceptors (Lipinski definition) is 3. The van der Waals surface area contributed by atoms with Gasteiger partial charge in [0.05, 0.1) is 7.11 Å². The van der Waals surface area contributed by atoms with Crippen LogP contribution in [0.4, 0.5) is 0 Å². The van der Waals surface area contributed by atoms with Crippen LogP contribution in [0.2, 0.25) is 0 Å². The summed E-state index contributed by atoms with van der Waals surface area (Å²) in [5, 5.41) is 0. The molecule has 1 aromatic heterocycles. The van der Waals surface area contributed by atoms with Gasteiger partial charge in [-0.25, -0.2) is 0 Å². The summed E-state index contributed by atoms with van der Waals surface area (Å²) in [6, 6.07) is 11.2. The van der Waals surface area contributed by atoms with Crippen LogP contribution in [-0.2, 0) is 0 Å². The fourth-order valence-corrected chi connectivity index (χ4v) is 2.00. The van der Waals surface area contributed by atoms with Crippen molar-refractivity contribution in [3.8, 4) is 5.75 Å². The lowest BCUT2D eigenvalue weighted by Gasteiger charge is -2.11. The number of aromatic nitrogens is 1. The molecule has 0 aliphatic rings. The van der Waals surface area contributed by atoms with Crippen LogP contribution in [-0.4, -0.2) is 17.9 Å². The third-order valence-corrected chi connectivity index (χ3v) is 3.16. The zero-order valence-electron chi connectivity index (χ0n) is 11.2. The Labute approximate surface area is 113 Å². The van der Waals surface area contributed by atoms with Crippen LogP contribution in [0.25, 0.3) is 0 Å². The van der Waals surface area contributed by atoms with Crippen molar-refractivity contribution in [1.82, 2.24) is 4.98 Å². The number of ketones is 1. The molecule has 0 saturated heterocycles. The first-order valence-corrected chi connectivity index (χ1v) is 6.28. The van der Waals surface area contributed by atoms with Crippen LogP contribution in [0.1, 0.15) is 35.2 Å². The number of pyridine rings is 1. The minimum absolute atomic E-state index is 0.128. The lowest BCUT2D eigenvalue weighted by atomic mass is 9.94. The molecule has 0 amide bonds. The van der Waals surface area contributed by atoms with Crippen molar-refractivity contribution >= 4 is 5.78 Å². The number of rotatable bonds is 5. The zero-order valence-corrected chi connectivity index (χ0v) is 11.2. The van der Waals surface area contributed by atoms with E-state index in [2.05, 4.69) is 4.98 Å². The summed E-state index contributed by atoms with van der Waals surface area (Å²) in [7, 11) is 1.60. The molecule has 0 spiro atoms. The van der Waals surface area contributed by atoms with E-state index in [1.165, 1.54) is 0 Å². The summed E-state index contributed by atoms with van der Waals surface area (Å²) in [5.74, 6) is 1.02. The molecule has 0 aliphatic carbocycles. The summed E-state index contributed by atoms with van der Waals surface area (Å²) in [4.78, 5) is 16.2. The molecule has 2 aromatic rings. The van der Waals surface area contributed by atoms with Gasteiger partial charge in [-0.15, -0.1) is 0 Å². The molecule has 98 valence electrons. The Morgan fingerprint density at radius 3 is 2.68 bits per heavy atom. The molecule has 2 rings (SSSR count). The first-order chi connectivity index (χ1) is 9.20. The van der Waals surface area contributed by atoms with Gasteiger partial charge in [0.25, 0.3) is 0 Å². The summed E-state index contributed by atoms with van der Waals surface area (Å²) in [6.07, 6.45) is 3.99. The smallest absolute Gasteiger partial charge is 0.163 e. The molecule has 1 heterocycles. The highest BCUT2D eigenvalue weighted by molar-refractivity contribution is 5.96. The standard InChI is InChI=1S/C16H17NO2/c1-12(13-6-8-17-9-7-13)10-16(18)14-4-3-5-15(11-14)19-2/h3-9,11-12H,10H2,1-2H3. The second-order valence-corrected chi connectivity index (χ2v) is 4.54. The van der Waals surface area contributed by atoms with Gasteiger partial charge in [-0.1, -0.05) is 19.1 Å². The normalized spacial score (nSPS) is 11.9. The third-order valence-electron chi connectivity index (χ3n) is 3.16. The molecular weight excluding hydrogens is 238 g/mol. The van der Waals surface area contributed by atoms with Gasteiger partial charge in [-0.3, -0.25) is 9.78 Å². The van der Waals surface area contributed by atoms with Crippen molar-refractivity contribution in [2.45, 2.75) is 19.3 Å². The Hall–Kier alpha value is -2.16. The van der Waals surface area contributed by atoms with Crippen LogP contribution >= 0.6 is 0 Å². The largest absolute Gasteiger partial charge is 0.497 e. The molecule has 0 bridgehead atoms. The van der Waals surface area contributed by atoms with Crippen molar-refractivity contribution in [3.05, 3.63) is 59.9 Å². The minimum atomic E-state index is 0.128. The first kappa shape index (κ1) is 13.3. The Morgan fingerprint density at radius 2 is 2.00 bits per heavy atom. The summed E-state index contributed by atoms with van der Waals surface area (Å²) < 4.78 is 5.13.